The molecule has 34 heavy (non-hydrogen) atoms. The van der Waals surface area contributed by atoms with Crippen LogP contribution in [0.4, 0.5) is 0 Å². The van der Waals surface area contributed by atoms with Crippen LogP contribution in [0.5, 0.6) is 17.2 Å². The van der Waals surface area contributed by atoms with Crippen molar-refractivity contribution in [2.24, 2.45) is 0 Å². The van der Waals surface area contributed by atoms with Gasteiger partial charge in [0.1, 0.15) is 22.8 Å². The van der Waals surface area contributed by atoms with Crippen LogP contribution in [0.1, 0.15) is 52.4 Å². The Morgan fingerprint density at radius 1 is 0.971 bits per heavy atom. The van der Waals surface area contributed by atoms with E-state index >= 15 is 0 Å². The number of piperazine rings is 1. The molecule has 184 valence electrons. The van der Waals surface area contributed by atoms with E-state index in [9.17, 15) is 4.79 Å². The van der Waals surface area contributed by atoms with Crippen molar-refractivity contribution in [1.82, 2.24) is 9.80 Å². The zero-order chi connectivity index (χ0) is 24.5. The average molecular weight is 467 g/mol. The maximum Gasteiger partial charge on any atom is 0.253 e. The van der Waals surface area contributed by atoms with Crippen LogP contribution in [0.25, 0.3) is 0 Å². The van der Waals surface area contributed by atoms with Crippen LogP contribution in [-0.2, 0) is 6.42 Å². The third-order valence-electron chi connectivity index (χ3n) is 7.72. The molecule has 6 heteroatoms. The number of amides is 1. The number of rotatable bonds is 6. The van der Waals surface area contributed by atoms with E-state index in [2.05, 4.69) is 32.6 Å². The fraction of sp³-hybridized carbons (Fsp3) is 0.536. The topological polar surface area (TPSA) is 51.2 Å². The molecule has 0 aliphatic carbocycles. The van der Waals surface area contributed by atoms with Gasteiger partial charge in [0.25, 0.3) is 5.91 Å². The minimum atomic E-state index is -0.179. The number of nitrogens with zero attached hydrogens (tertiary/aromatic N) is 2. The average Bonchev–Trinajstić information content (AvgIpc) is 2.86. The molecule has 0 aromatic heterocycles. The molecule has 2 aromatic carbocycles. The summed E-state index contributed by atoms with van der Waals surface area (Å²) < 4.78 is 17.5. The second kappa shape index (κ2) is 9.87. The Morgan fingerprint density at radius 2 is 1.65 bits per heavy atom. The van der Waals surface area contributed by atoms with Crippen LogP contribution in [-0.4, -0.2) is 68.3 Å². The maximum absolute atomic E-state index is 12.8. The molecule has 2 aliphatic heterocycles. The first kappa shape index (κ1) is 24.4. The molecule has 1 saturated heterocycles. The zero-order valence-electron chi connectivity index (χ0n) is 21.5. The quantitative estimate of drug-likeness (QED) is 0.625. The van der Waals surface area contributed by atoms with Crippen molar-refractivity contribution in [1.29, 1.82) is 0 Å². The molecule has 2 aliphatic rings. The third kappa shape index (κ3) is 4.74. The Balaban J connectivity index is 1.33. The second-order valence-corrected chi connectivity index (χ2v) is 9.88. The Labute approximate surface area is 203 Å². The summed E-state index contributed by atoms with van der Waals surface area (Å²) in [5, 5.41) is 0. The van der Waals surface area contributed by atoms with Crippen molar-refractivity contribution in [2.45, 2.75) is 52.6 Å². The summed E-state index contributed by atoms with van der Waals surface area (Å²) in [5.41, 5.74) is 5.40. The number of hydrogen-bond acceptors (Lipinski definition) is 5. The van der Waals surface area contributed by atoms with Gasteiger partial charge in [0.2, 0.25) is 0 Å². The summed E-state index contributed by atoms with van der Waals surface area (Å²) in [7, 11) is 3.38. The van der Waals surface area contributed by atoms with Gasteiger partial charge in [0.05, 0.1) is 14.2 Å². The molecule has 0 saturated carbocycles. The monoisotopic (exact) mass is 466 g/mol. The van der Waals surface area contributed by atoms with Gasteiger partial charge in [0.15, 0.2) is 0 Å². The van der Waals surface area contributed by atoms with E-state index in [0.29, 0.717) is 5.56 Å². The van der Waals surface area contributed by atoms with Crippen molar-refractivity contribution >= 4 is 5.91 Å². The molecule has 0 bridgehead atoms. The van der Waals surface area contributed by atoms with Crippen LogP contribution < -0.4 is 14.2 Å². The van der Waals surface area contributed by atoms with E-state index < -0.39 is 0 Å². The maximum atomic E-state index is 12.8. The number of carbonyl (C=O) groups is 1. The van der Waals surface area contributed by atoms with Gasteiger partial charge < -0.3 is 19.1 Å². The predicted molar refractivity (Wildman–Crippen MR) is 135 cm³/mol. The van der Waals surface area contributed by atoms with Gasteiger partial charge in [-0.3, -0.25) is 9.69 Å². The molecule has 1 atom stereocenters. The lowest BCUT2D eigenvalue weighted by Crippen LogP contribution is -2.50. The SMILES string of the molecule is COc1ccc(C(=O)N2CCN(CCC3(C)CCc4c(C)c(OC)c(C)c(C)c4O3)CC2)cc1. The Bertz CT molecular complexity index is 1040. The van der Waals surface area contributed by atoms with E-state index in [1.54, 1.807) is 14.2 Å². The van der Waals surface area contributed by atoms with Gasteiger partial charge in [-0.1, -0.05) is 0 Å². The molecule has 4 rings (SSSR count). The van der Waals surface area contributed by atoms with Crippen molar-refractivity contribution in [3.05, 3.63) is 52.1 Å². The van der Waals surface area contributed by atoms with E-state index in [1.807, 2.05) is 29.2 Å². The Kier molecular flexibility index (Phi) is 7.08. The van der Waals surface area contributed by atoms with Crippen molar-refractivity contribution in [2.75, 3.05) is 46.9 Å². The van der Waals surface area contributed by atoms with Crippen molar-refractivity contribution in [3.8, 4) is 17.2 Å². The summed E-state index contributed by atoms with van der Waals surface area (Å²) in [5.74, 6) is 2.91. The minimum Gasteiger partial charge on any atom is -0.497 e. The van der Waals surface area contributed by atoms with E-state index in [1.165, 1.54) is 22.3 Å². The number of fused-ring (bicyclic) bond motifs is 1. The molecular formula is C28H38N2O4. The predicted octanol–water partition coefficient (Wildman–Crippen LogP) is 4.56. The molecular weight excluding hydrogens is 428 g/mol. The van der Waals surface area contributed by atoms with Crippen LogP contribution in [0.2, 0.25) is 0 Å². The van der Waals surface area contributed by atoms with Gasteiger partial charge in [0, 0.05) is 43.9 Å². The summed E-state index contributed by atoms with van der Waals surface area (Å²) in [6.45, 7) is 12.9. The van der Waals surface area contributed by atoms with Gasteiger partial charge >= 0.3 is 0 Å². The number of hydrogen-bond donors (Lipinski definition) is 0. The Morgan fingerprint density at radius 3 is 2.26 bits per heavy atom. The van der Waals surface area contributed by atoms with Crippen LogP contribution in [0, 0.1) is 20.8 Å². The van der Waals surface area contributed by atoms with Crippen molar-refractivity contribution in [3.63, 3.8) is 0 Å². The Hall–Kier alpha value is -2.73. The molecule has 0 N–H and O–H groups in total. The highest BCUT2D eigenvalue weighted by Gasteiger charge is 2.35. The molecule has 1 fully saturated rings. The lowest BCUT2D eigenvalue weighted by molar-refractivity contribution is 0.0337. The van der Waals surface area contributed by atoms with E-state index in [0.717, 1.165) is 69.2 Å². The molecule has 0 spiro atoms. The summed E-state index contributed by atoms with van der Waals surface area (Å²) in [6, 6.07) is 7.36. The highest BCUT2D eigenvalue weighted by Crippen LogP contribution is 2.44. The number of methoxy groups -OCH3 is 2. The summed E-state index contributed by atoms with van der Waals surface area (Å²) in [6.07, 6.45) is 2.99. The first-order valence-corrected chi connectivity index (χ1v) is 12.3. The fourth-order valence-electron chi connectivity index (χ4n) is 5.25. The standard InChI is InChI=1S/C28H38N2O4/c1-19-20(2)26-24(21(3)25(19)33-6)11-12-28(4,34-26)13-14-29-15-17-30(18-16-29)27(31)22-7-9-23(32-5)10-8-22/h7-10H,11-18H2,1-6H3. The second-order valence-electron chi connectivity index (χ2n) is 9.88. The van der Waals surface area contributed by atoms with E-state index in [-0.39, 0.29) is 11.5 Å². The molecule has 6 nitrogen and oxygen atoms in total. The van der Waals surface area contributed by atoms with E-state index in [4.69, 9.17) is 14.2 Å². The minimum absolute atomic E-state index is 0.0955. The van der Waals surface area contributed by atoms with Gasteiger partial charge in [-0.15, -0.1) is 0 Å². The third-order valence-corrected chi connectivity index (χ3v) is 7.72. The molecule has 1 unspecified atom stereocenters. The first-order chi connectivity index (χ1) is 16.3. The largest absolute Gasteiger partial charge is 0.497 e. The highest BCUT2D eigenvalue weighted by molar-refractivity contribution is 5.94. The van der Waals surface area contributed by atoms with Crippen LogP contribution in [0.15, 0.2) is 24.3 Å². The number of benzene rings is 2. The van der Waals surface area contributed by atoms with Gasteiger partial charge in [-0.25, -0.2) is 0 Å². The van der Waals surface area contributed by atoms with Crippen LogP contribution in [0.3, 0.4) is 0 Å². The summed E-state index contributed by atoms with van der Waals surface area (Å²) >= 11 is 0. The fourth-order valence-corrected chi connectivity index (χ4v) is 5.25. The van der Waals surface area contributed by atoms with Gasteiger partial charge in [-0.05, 0) is 87.9 Å². The summed E-state index contributed by atoms with van der Waals surface area (Å²) in [4.78, 5) is 17.3. The molecule has 1 amide bonds. The lowest BCUT2D eigenvalue weighted by Gasteiger charge is -2.40. The number of ether oxygens (including phenoxy) is 3. The van der Waals surface area contributed by atoms with Gasteiger partial charge in [-0.2, -0.15) is 0 Å². The van der Waals surface area contributed by atoms with Crippen molar-refractivity contribution < 1.29 is 19.0 Å². The lowest BCUT2D eigenvalue weighted by atomic mass is 9.85. The molecule has 0 radical (unpaired) electrons. The normalized spacial score (nSPS) is 20.5. The van der Waals surface area contributed by atoms with Crippen LogP contribution >= 0.6 is 0 Å². The number of carbonyl (C=O) groups excluding carboxylic acids is 1. The first-order valence-electron chi connectivity index (χ1n) is 12.3. The zero-order valence-corrected chi connectivity index (χ0v) is 21.5. The molecule has 2 aromatic rings. The molecule has 2 heterocycles. The highest BCUT2D eigenvalue weighted by atomic mass is 16.5. The smallest absolute Gasteiger partial charge is 0.253 e.